The van der Waals surface area contributed by atoms with Crippen LogP contribution in [-0.2, 0) is 0 Å². The normalized spacial score (nSPS) is 10.2. The lowest BCUT2D eigenvalue weighted by molar-refractivity contribution is 1.17. The van der Waals surface area contributed by atoms with Crippen LogP contribution in [0, 0.1) is 6.92 Å². The molecule has 2 aromatic rings. The van der Waals surface area contributed by atoms with Gasteiger partial charge in [0, 0.05) is 11.8 Å². The van der Waals surface area contributed by atoms with E-state index in [1.807, 2.05) is 31.2 Å². The summed E-state index contributed by atoms with van der Waals surface area (Å²) in [4.78, 5) is 8.04. The van der Waals surface area contributed by atoms with Gasteiger partial charge in [-0.05, 0) is 24.6 Å². The fraction of sp³-hybridized carbons (Fsp3) is 0.0909. The van der Waals surface area contributed by atoms with E-state index < -0.39 is 0 Å². The van der Waals surface area contributed by atoms with E-state index in [2.05, 4.69) is 15.3 Å². The molecule has 0 saturated heterocycles. The van der Waals surface area contributed by atoms with E-state index in [1.165, 1.54) is 6.07 Å². The Labute approximate surface area is 103 Å². The Bertz CT molecular complexity index is 494. The third-order valence-corrected chi connectivity index (χ3v) is 2.33. The maximum absolute atomic E-state index is 5.77. The van der Waals surface area contributed by atoms with Crippen LogP contribution in [-0.4, -0.2) is 9.97 Å². The fourth-order valence-electron chi connectivity index (χ4n) is 1.30. The molecule has 82 valence electrons. The summed E-state index contributed by atoms with van der Waals surface area (Å²) in [6, 6.07) is 9.36. The number of aromatic nitrogens is 2. The van der Waals surface area contributed by atoms with Gasteiger partial charge in [-0.15, -0.1) is 0 Å². The topological polar surface area (TPSA) is 37.8 Å². The number of nitrogens with one attached hydrogen (secondary N) is 1. The third-order valence-electron chi connectivity index (χ3n) is 1.94. The minimum absolute atomic E-state index is 0.315. The van der Waals surface area contributed by atoms with Crippen molar-refractivity contribution in [3.63, 3.8) is 0 Å². The lowest BCUT2D eigenvalue weighted by atomic mass is 10.2. The zero-order valence-corrected chi connectivity index (χ0v) is 10.0. The predicted octanol–water partition coefficient (Wildman–Crippen LogP) is 3.84. The summed E-state index contributed by atoms with van der Waals surface area (Å²) < 4.78 is 0. The van der Waals surface area contributed by atoms with Gasteiger partial charge in [0.25, 0.3) is 0 Å². The van der Waals surface area contributed by atoms with Crippen LogP contribution in [0.25, 0.3) is 0 Å². The van der Waals surface area contributed by atoms with Crippen molar-refractivity contribution in [2.45, 2.75) is 6.92 Å². The van der Waals surface area contributed by atoms with Crippen molar-refractivity contribution < 1.29 is 0 Å². The molecule has 0 unspecified atom stereocenters. The maximum Gasteiger partial charge on any atom is 0.230 e. The molecule has 0 fully saturated rings. The molecule has 0 saturated carbocycles. The van der Waals surface area contributed by atoms with Gasteiger partial charge >= 0.3 is 0 Å². The van der Waals surface area contributed by atoms with Crippen molar-refractivity contribution in [2.24, 2.45) is 0 Å². The first-order chi connectivity index (χ1) is 7.63. The van der Waals surface area contributed by atoms with Gasteiger partial charge in [0.1, 0.15) is 10.3 Å². The highest BCUT2D eigenvalue weighted by Gasteiger charge is 2.01. The second-order valence-electron chi connectivity index (χ2n) is 3.33. The van der Waals surface area contributed by atoms with Crippen LogP contribution in [0.1, 0.15) is 5.56 Å². The Morgan fingerprint density at radius 1 is 1.06 bits per heavy atom. The van der Waals surface area contributed by atoms with E-state index in [-0.39, 0.29) is 0 Å². The summed E-state index contributed by atoms with van der Waals surface area (Å²) in [5.74, 6) is 0.392. The number of benzene rings is 1. The number of hydrogen-bond acceptors (Lipinski definition) is 3. The summed E-state index contributed by atoms with van der Waals surface area (Å²) in [6.07, 6.45) is 0. The lowest BCUT2D eigenvalue weighted by Gasteiger charge is -2.05. The smallest absolute Gasteiger partial charge is 0.230 e. The second kappa shape index (κ2) is 4.68. The fourth-order valence-corrected chi connectivity index (χ4v) is 1.72. The first-order valence-electron chi connectivity index (χ1n) is 4.67. The molecule has 16 heavy (non-hydrogen) atoms. The van der Waals surface area contributed by atoms with Crippen molar-refractivity contribution in [1.29, 1.82) is 0 Å². The third kappa shape index (κ3) is 2.84. The molecule has 1 heterocycles. The minimum atomic E-state index is 0.315. The Morgan fingerprint density at radius 3 is 2.38 bits per heavy atom. The molecule has 0 radical (unpaired) electrons. The number of rotatable bonds is 2. The first kappa shape index (κ1) is 11.2. The molecule has 1 N–H and O–H groups in total. The molecule has 3 nitrogen and oxygen atoms in total. The highest BCUT2D eigenvalue weighted by Crippen LogP contribution is 2.18. The van der Waals surface area contributed by atoms with Crippen LogP contribution in [0.5, 0.6) is 0 Å². The minimum Gasteiger partial charge on any atom is -0.324 e. The number of anilines is 2. The van der Waals surface area contributed by atoms with Gasteiger partial charge in [0.05, 0.1) is 0 Å². The molecule has 1 aromatic heterocycles. The Balaban J connectivity index is 2.27. The van der Waals surface area contributed by atoms with E-state index in [0.717, 1.165) is 11.3 Å². The quantitative estimate of drug-likeness (QED) is 0.827. The molecule has 0 aliphatic carbocycles. The number of hydrogen-bond donors (Lipinski definition) is 1. The van der Waals surface area contributed by atoms with E-state index in [9.17, 15) is 0 Å². The molecule has 0 spiro atoms. The van der Waals surface area contributed by atoms with E-state index >= 15 is 0 Å². The van der Waals surface area contributed by atoms with Crippen LogP contribution in [0.2, 0.25) is 10.3 Å². The molecule has 5 heteroatoms. The molecule has 0 atom stereocenters. The average Bonchev–Trinajstić information content (AvgIpc) is 2.15. The molecular formula is C11H9Cl2N3. The summed E-state index contributed by atoms with van der Waals surface area (Å²) in [6.45, 7) is 2.01. The van der Waals surface area contributed by atoms with Gasteiger partial charge in [0.15, 0.2) is 0 Å². The molecular weight excluding hydrogens is 245 g/mol. The zero-order chi connectivity index (χ0) is 11.5. The molecule has 0 amide bonds. The second-order valence-corrected chi connectivity index (χ2v) is 4.11. The van der Waals surface area contributed by atoms with Gasteiger partial charge in [-0.3, -0.25) is 0 Å². The van der Waals surface area contributed by atoms with E-state index in [0.29, 0.717) is 16.3 Å². The van der Waals surface area contributed by atoms with Crippen molar-refractivity contribution >= 4 is 34.8 Å². The zero-order valence-electron chi connectivity index (χ0n) is 8.54. The van der Waals surface area contributed by atoms with Gasteiger partial charge in [0.2, 0.25) is 5.95 Å². The first-order valence-corrected chi connectivity index (χ1v) is 5.43. The monoisotopic (exact) mass is 253 g/mol. The predicted molar refractivity (Wildman–Crippen MR) is 66.5 cm³/mol. The van der Waals surface area contributed by atoms with Gasteiger partial charge in [-0.2, -0.15) is 0 Å². The van der Waals surface area contributed by atoms with Crippen LogP contribution < -0.4 is 5.32 Å². The van der Waals surface area contributed by atoms with Crippen molar-refractivity contribution in [3.05, 3.63) is 46.2 Å². The van der Waals surface area contributed by atoms with Crippen molar-refractivity contribution in [3.8, 4) is 0 Å². The Kier molecular flexibility index (Phi) is 3.27. The van der Waals surface area contributed by atoms with Crippen molar-refractivity contribution in [2.75, 3.05) is 5.32 Å². The largest absolute Gasteiger partial charge is 0.324 e. The molecule has 1 aromatic carbocycles. The highest BCUT2D eigenvalue weighted by atomic mass is 35.5. The molecule has 0 bridgehead atoms. The van der Waals surface area contributed by atoms with Crippen molar-refractivity contribution in [1.82, 2.24) is 9.97 Å². The standard InChI is InChI=1S/C11H9Cl2N3/c1-7-3-2-4-8(5-7)14-11-15-9(12)6-10(13)16-11/h2-6H,1H3,(H,14,15,16). The van der Waals surface area contributed by atoms with Crippen LogP contribution in [0.15, 0.2) is 30.3 Å². The summed E-state index contributed by atoms with van der Waals surface area (Å²) >= 11 is 11.5. The van der Waals surface area contributed by atoms with E-state index in [1.54, 1.807) is 0 Å². The Morgan fingerprint density at radius 2 is 1.75 bits per heavy atom. The molecule has 0 aliphatic rings. The van der Waals surface area contributed by atoms with Crippen LogP contribution in [0.3, 0.4) is 0 Å². The SMILES string of the molecule is Cc1cccc(Nc2nc(Cl)cc(Cl)n2)c1. The maximum atomic E-state index is 5.77. The summed E-state index contributed by atoms with van der Waals surface area (Å²) in [5, 5.41) is 3.67. The van der Waals surface area contributed by atoms with Crippen LogP contribution >= 0.6 is 23.2 Å². The number of aryl methyl sites for hydroxylation is 1. The van der Waals surface area contributed by atoms with Crippen LogP contribution in [0.4, 0.5) is 11.6 Å². The van der Waals surface area contributed by atoms with E-state index in [4.69, 9.17) is 23.2 Å². The average molecular weight is 254 g/mol. The Hall–Kier alpha value is -1.32. The highest BCUT2D eigenvalue weighted by molar-refractivity contribution is 6.33. The summed E-state index contributed by atoms with van der Waals surface area (Å²) in [7, 11) is 0. The summed E-state index contributed by atoms with van der Waals surface area (Å²) in [5.41, 5.74) is 2.05. The number of nitrogens with zero attached hydrogens (tertiary/aromatic N) is 2. The van der Waals surface area contributed by atoms with Gasteiger partial charge < -0.3 is 5.32 Å². The molecule has 2 rings (SSSR count). The lowest BCUT2D eigenvalue weighted by Crippen LogP contribution is -1.97. The van der Waals surface area contributed by atoms with Gasteiger partial charge in [-0.25, -0.2) is 9.97 Å². The molecule has 0 aliphatic heterocycles. The number of halogens is 2. The van der Waals surface area contributed by atoms with Gasteiger partial charge in [-0.1, -0.05) is 35.3 Å².